The molecule has 0 aliphatic rings. The van der Waals surface area contributed by atoms with Crippen LogP contribution in [0.3, 0.4) is 0 Å². The second-order valence-corrected chi connectivity index (χ2v) is 10.3. The van der Waals surface area contributed by atoms with Gasteiger partial charge in [-0.3, -0.25) is 4.79 Å². The first-order valence-corrected chi connectivity index (χ1v) is 13.7. The van der Waals surface area contributed by atoms with E-state index in [9.17, 15) is 4.79 Å². The van der Waals surface area contributed by atoms with E-state index in [-0.39, 0.29) is 11.7 Å². The zero-order chi connectivity index (χ0) is 25.8. The van der Waals surface area contributed by atoms with Gasteiger partial charge < -0.3 is 14.2 Å². The van der Waals surface area contributed by atoms with Crippen molar-refractivity contribution in [2.75, 3.05) is 25.6 Å². The minimum absolute atomic E-state index is 0.215. The van der Waals surface area contributed by atoms with Crippen LogP contribution in [0.1, 0.15) is 49.2 Å². The molecule has 0 aliphatic heterocycles. The van der Waals surface area contributed by atoms with E-state index in [1.54, 1.807) is 6.21 Å². The summed E-state index contributed by atoms with van der Waals surface area (Å²) in [4.78, 5) is 12.0. The van der Waals surface area contributed by atoms with Crippen LogP contribution in [0.4, 0.5) is 0 Å². The summed E-state index contributed by atoms with van der Waals surface area (Å²) in [7, 11) is 0. The Bertz CT molecular complexity index is 1140. The summed E-state index contributed by atoms with van der Waals surface area (Å²) in [6.45, 7) is 9.48. The van der Waals surface area contributed by atoms with Crippen LogP contribution < -0.4 is 19.6 Å². The Hall–Kier alpha value is -3.11. The number of ether oxygens (including phenoxy) is 3. The van der Waals surface area contributed by atoms with E-state index in [1.807, 2.05) is 44.2 Å². The van der Waals surface area contributed by atoms with Gasteiger partial charge in [-0.15, -0.1) is 10.2 Å². The van der Waals surface area contributed by atoms with Crippen molar-refractivity contribution in [3.63, 3.8) is 0 Å². The second kappa shape index (κ2) is 14.4. The van der Waals surface area contributed by atoms with E-state index in [4.69, 9.17) is 14.2 Å². The molecule has 1 amide bonds. The SMILES string of the molecule is CCOc1cc(/C=N\NC(=O)CSc2nnc(C)s2)ccc1OCCOc1ccc([C@H](C)CC)cc1. The van der Waals surface area contributed by atoms with Gasteiger partial charge in [0.15, 0.2) is 15.8 Å². The third-order valence-corrected chi connectivity index (χ3v) is 7.15. The van der Waals surface area contributed by atoms with Crippen molar-refractivity contribution in [1.82, 2.24) is 15.6 Å². The molecule has 1 atom stereocenters. The maximum absolute atomic E-state index is 12.0. The monoisotopic (exact) mass is 528 g/mol. The van der Waals surface area contributed by atoms with Crippen molar-refractivity contribution in [1.29, 1.82) is 0 Å². The normalized spacial score (nSPS) is 11.9. The van der Waals surface area contributed by atoms with Crippen LogP contribution in [0.5, 0.6) is 17.2 Å². The number of benzene rings is 2. The Kier molecular flexibility index (Phi) is 11.0. The average molecular weight is 529 g/mol. The number of amides is 1. The molecule has 3 rings (SSSR count). The molecular weight excluding hydrogens is 496 g/mol. The largest absolute Gasteiger partial charge is 0.490 e. The van der Waals surface area contributed by atoms with E-state index in [0.29, 0.717) is 37.2 Å². The fourth-order valence-corrected chi connectivity index (χ4v) is 4.72. The fourth-order valence-electron chi connectivity index (χ4n) is 3.11. The van der Waals surface area contributed by atoms with Gasteiger partial charge in [0.1, 0.15) is 24.0 Å². The van der Waals surface area contributed by atoms with Gasteiger partial charge in [0.05, 0.1) is 18.6 Å². The van der Waals surface area contributed by atoms with Gasteiger partial charge in [0.2, 0.25) is 0 Å². The highest BCUT2D eigenvalue weighted by atomic mass is 32.2. The van der Waals surface area contributed by atoms with E-state index < -0.39 is 0 Å². The van der Waals surface area contributed by atoms with Crippen molar-refractivity contribution in [2.24, 2.45) is 5.10 Å². The molecule has 0 bridgehead atoms. The first-order valence-electron chi connectivity index (χ1n) is 11.9. The number of aryl methyl sites for hydroxylation is 1. The third kappa shape index (κ3) is 8.83. The molecule has 0 radical (unpaired) electrons. The number of hydrogen-bond donors (Lipinski definition) is 1. The van der Waals surface area contributed by atoms with Gasteiger partial charge in [0, 0.05) is 0 Å². The number of nitrogens with zero attached hydrogens (tertiary/aromatic N) is 3. The molecule has 10 heteroatoms. The van der Waals surface area contributed by atoms with Crippen molar-refractivity contribution in [3.8, 4) is 17.2 Å². The highest BCUT2D eigenvalue weighted by Gasteiger charge is 2.08. The van der Waals surface area contributed by atoms with Crippen LogP contribution in [-0.2, 0) is 4.79 Å². The zero-order valence-electron chi connectivity index (χ0n) is 21.0. The summed E-state index contributed by atoms with van der Waals surface area (Å²) in [6, 6.07) is 13.7. The summed E-state index contributed by atoms with van der Waals surface area (Å²) < 4.78 is 18.2. The van der Waals surface area contributed by atoms with Crippen LogP contribution >= 0.6 is 23.1 Å². The molecule has 0 saturated carbocycles. The lowest BCUT2D eigenvalue weighted by molar-refractivity contribution is -0.118. The third-order valence-electron chi connectivity index (χ3n) is 5.18. The van der Waals surface area contributed by atoms with Gasteiger partial charge in [-0.2, -0.15) is 5.10 Å². The van der Waals surface area contributed by atoms with Crippen molar-refractivity contribution in [2.45, 2.75) is 44.4 Å². The quantitative estimate of drug-likeness (QED) is 0.128. The molecule has 8 nitrogen and oxygen atoms in total. The van der Waals surface area contributed by atoms with Gasteiger partial charge in [-0.25, -0.2) is 5.43 Å². The highest BCUT2D eigenvalue weighted by molar-refractivity contribution is 8.01. The maximum Gasteiger partial charge on any atom is 0.250 e. The molecule has 3 aromatic rings. The van der Waals surface area contributed by atoms with Crippen molar-refractivity contribution < 1.29 is 19.0 Å². The molecule has 192 valence electrons. The van der Waals surface area contributed by atoms with E-state index in [1.165, 1.54) is 28.7 Å². The lowest BCUT2D eigenvalue weighted by Crippen LogP contribution is -2.19. The minimum Gasteiger partial charge on any atom is -0.490 e. The lowest BCUT2D eigenvalue weighted by atomic mass is 9.99. The maximum atomic E-state index is 12.0. The Balaban J connectivity index is 1.46. The summed E-state index contributed by atoms with van der Waals surface area (Å²) in [5, 5.41) is 12.8. The van der Waals surface area contributed by atoms with Crippen LogP contribution in [-0.4, -0.2) is 47.9 Å². The molecular formula is C26H32N4O4S2. The van der Waals surface area contributed by atoms with Crippen LogP contribution in [0, 0.1) is 6.92 Å². The Morgan fingerprint density at radius 3 is 2.56 bits per heavy atom. The average Bonchev–Trinajstić information content (AvgIpc) is 3.31. The fraction of sp³-hybridized carbons (Fsp3) is 0.385. The van der Waals surface area contributed by atoms with Crippen LogP contribution in [0.2, 0.25) is 0 Å². The number of aromatic nitrogens is 2. The summed E-state index contributed by atoms with van der Waals surface area (Å²) in [5.74, 6) is 2.58. The van der Waals surface area contributed by atoms with Gasteiger partial charge in [-0.1, -0.05) is 49.1 Å². The predicted molar refractivity (Wildman–Crippen MR) is 145 cm³/mol. The molecule has 2 aromatic carbocycles. The lowest BCUT2D eigenvalue weighted by Gasteiger charge is -2.14. The van der Waals surface area contributed by atoms with Crippen molar-refractivity contribution >= 4 is 35.2 Å². The van der Waals surface area contributed by atoms with Gasteiger partial charge in [0.25, 0.3) is 5.91 Å². The number of hydrogen-bond acceptors (Lipinski definition) is 9. The van der Waals surface area contributed by atoms with E-state index >= 15 is 0 Å². The number of carbonyl (C=O) groups excluding carboxylic acids is 1. The van der Waals surface area contributed by atoms with Crippen LogP contribution in [0.25, 0.3) is 0 Å². The second-order valence-electron chi connectivity index (χ2n) is 7.88. The topological polar surface area (TPSA) is 94.9 Å². The predicted octanol–water partition coefficient (Wildman–Crippen LogP) is 5.46. The van der Waals surface area contributed by atoms with Gasteiger partial charge >= 0.3 is 0 Å². The molecule has 0 fully saturated rings. The Morgan fingerprint density at radius 2 is 1.86 bits per heavy atom. The standard InChI is InChI=1S/C26H32N4O4S2/c1-5-18(3)21-8-10-22(11-9-21)33-13-14-34-23-12-7-20(15-24(23)32-6-2)16-27-29-25(31)17-35-26-30-28-19(4)36-26/h7-12,15-16,18H,5-6,13-14,17H2,1-4H3,(H,29,31)/b27-16-/t18-/m1/s1. The number of rotatable bonds is 14. The van der Waals surface area contributed by atoms with Gasteiger partial charge in [-0.05, 0) is 67.6 Å². The zero-order valence-corrected chi connectivity index (χ0v) is 22.7. The summed E-state index contributed by atoms with van der Waals surface area (Å²) in [5.41, 5.74) is 4.61. The van der Waals surface area contributed by atoms with E-state index in [2.05, 4.69) is 46.7 Å². The highest BCUT2D eigenvalue weighted by Crippen LogP contribution is 2.28. The first kappa shape index (κ1) is 27.5. The summed E-state index contributed by atoms with van der Waals surface area (Å²) >= 11 is 2.78. The first-order chi connectivity index (χ1) is 17.5. The minimum atomic E-state index is -0.219. The molecule has 1 heterocycles. The molecule has 1 aromatic heterocycles. The molecule has 0 spiro atoms. The molecule has 36 heavy (non-hydrogen) atoms. The van der Waals surface area contributed by atoms with Crippen LogP contribution in [0.15, 0.2) is 51.9 Å². The molecule has 0 unspecified atom stereocenters. The van der Waals surface area contributed by atoms with E-state index in [0.717, 1.165) is 27.1 Å². The molecule has 0 saturated heterocycles. The summed E-state index contributed by atoms with van der Waals surface area (Å²) in [6.07, 6.45) is 2.68. The van der Waals surface area contributed by atoms with Crippen molar-refractivity contribution in [3.05, 3.63) is 58.6 Å². The number of nitrogens with one attached hydrogen (secondary N) is 1. The smallest absolute Gasteiger partial charge is 0.250 e. The number of hydrazone groups is 1. The Labute approximate surface area is 220 Å². The molecule has 1 N–H and O–H groups in total. The Morgan fingerprint density at radius 1 is 1.08 bits per heavy atom. The number of thioether (sulfide) groups is 1. The number of carbonyl (C=O) groups is 1. The molecule has 0 aliphatic carbocycles.